The van der Waals surface area contributed by atoms with Crippen LogP contribution in [0.15, 0.2) is 18.2 Å². The van der Waals surface area contributed by atoms with Crippen molar-refractivity contribution in [2.75, 3.05) is 13.7 Å². The highest BCUT2D eigenvalue weighted by Gasteiger charge is 2.17. The van der Waals surface area contributed by atoms with E-state index in [1.807, 2.05) is 0 Å². The van der Waals surface area contributed by atoms with Crippen LogP contribution in [0.2, 0.25) is 0 Å². The van der Waals surface area contributed by atoms with Gasteiger partial charge in [0.25, 0.3) is 0 Å². The Hall–Kier alpha value is -1.02. The highest BCUT2D eigenvalue weighted by molar-refractivity contribution is 5.44. The maximum absolute atomic E-state index is 5.74. The summed E-state index contributed by atoms with van der Waals surface area (Å²) in [5.41, 5.74) is 2.76. The number of fused-ring (bicyclic) bond motifs is 1. The van der Waals surface area contributed by atoms with Crippen molar-refractivity contribution in [3.05, 3.63) is 29.3 Å². The standard InChI is InChI=1S/C15H23NO/c1-11(2)14(16-3)8-7-12-5-4-6-13-9-10-17-15(12)13/h4-6,11,14,16H,7-10H2,1-3H3. The minimum absolute atomic E-state index is 0.590. The number of benzene rings is 1. The maximum atomic E-state index is 5.74. The number of aryl methyl sites for hydroxylation is 1. The molecule has 1 heterocycles. The lowest BCUT2D eigenvalue weighted by Gasteiger charge is -2.20. The van der Waals surface area contributed by atoms with Crippen molar-refractivity contribution >= 4 is 0 Å². The van der Waals surface area contributed by atoms with E-state index in [0.29, 0.717) is 12.0 Å². The van der Waals surface area contributed by atoms with Crippen LogP contribution < -0.4 is 10.1 Å². The lowest BCUT2D eigenvalue weighted by molar-refractivity contribution is 0.350. The van der Waals surface area contributed by atoms with Crippen molar-refractivity contribution in [2.24, 2.45) is 5.92 Å². The zero-order valence-corrected chi connectivity index (χ0v) is 11.1. The van der Waals surface area contributed by atoms with Crippen LogP contribution in [0.3, 0.4) is 0 Å². The molecule has 1 aromatic carbocycles. The number of rotatable bonds is 5. The third kappa shape index (κ3) is 2.81. The third-order valence-electron chi connectivity index (χ3n) is 3.70. The van der Waals surface area contributed by atoms with Gasteiger partial charge in [-0.05, 0) is 36.9 Å². The molecule has 0 aliphatic carbocycles. The monoisotopic (exact) mass is 233 g/mol. The smallest absolute Gasteiger partial charge is 0.125 e. The van der Waals surface area contributed by atoms with Crippen molar-refractivity contribution in [1.29, 1.82) is 0 Å². The molecule has 1 aliphatic rings. The van der Waals surface area contributed by atoms with Crippen molar-refractivity contribution < 1.29 is 4.74 Å². The summed E-state index contributed by atoms with van der Waals surface area (Å²) in [6, 6.07) is 7.14. The second-order valence-corrected chi connectivity index (χ2v) is 5.18. The van der Waals surface area contributed by atoms with Gasteiger partial charge in [0.1, 0.15) is 5.75 Å². The van der Waals surface area contributed by atoms with E-state index in [0.717, 1.165) is 25.2 Å². The summed E-state index contributed by atoms with van der Waals surface area (Å²) in [5.74, 6) is 1.84. The molecule has 0 saturated carbocycles. The molecular formula is C15H23NO. The summed E-state index contributed by atoms with van der Waals surface area (Å²) < 4.78 is 5.74. The second kappa shape index (κ2) is 5.54. The summed E-state index contributed by atoms with van der Waals surface area (Å²) in [6.07, 6.45) is 3.35. The van der Waals surface area contributed by atoms with Gasteiger partial charge in [0.2, 0.25) is 0 Å². The van der Waals surface area contributed by atoms with Crippen molar-refractivity contribution in [3.63, 3.8) is 0 Å². The Morgan fingerprint density at radius 2 is 2.18 bits per heavy atom. The molecule has 1 unspecified atom stereocenters. The molecule has 0 fully saturated rings. The van der Waals surface area contributed by atoms with Crippen LogP contribution in [0.4, 0.5) is 0 Å². The maximum Gasteiger partial charge on any atom is 0.125 e. The molecule has 0 aromatic heterocycles. The van der Waals surface area contributed by atoms with Crippen LogP contribution in [0.5, 0.6) is 5.75 Å². The Kier molecular flexibility index (Phi) is 4.06. The fourth-order valence-corrected chi connectivity index (χ4v) is 2.60. The van der Waals surface area contributed by atoms with Gasteiger partial charge in [-0.3, -0.25) is 0 Å². The van der Waals surface area contributed by atoms with Crippen LogP contribution >= 0.6 is 0 Å². The van der Waals surface area contributed by atoms with Gasteiger partial charge in [0.15, 0.2) is 0 Å². The zero-order chi connectivity index (χ0) is 12.3. The van der Waals surface area contributed by atoms with Gasteiger partial charge < -0.3 is 10.1 Å². The molecule has 0 amide bonds. The van der Waals surface area contributed by atoms with Crippen molar-refractivity contribution in [1.82, 2.24) is 5.32 Å². The highest BCUT2D eigenvalue weighted by Crippen LogP contribution is 2.30. The normalized spacial score (nSPS) is 15.8. The Labute approximate surface area is 104 Å². The molecule has 94 valence electrons. The predicted molar refractivity (Wildman–Crippen MR) is 71.6 cm³/mol. The van der Waals surface area contributed by atoms with E-state index in [1.54, 1.807) is 0 Å². The van der Waals surface area contributed by atoms with Gasteiger partial charge in [-0.25, -0.2) is 0 Å². The molecule has 1 aromatic rings. The lowest BCUT2D eigenvalue weighted by Crippen LogP contribution is -2.31. The van der Waals surface area contributed by atoms with Gasteiger partial charge >= 0.3 is 0 Å². The summed E-state index contributed by atoms with van der Waals surface area (Å²) in [5, 5.41) is 3.40. The van der Waals surface area contributed by atoms with E-state index in [2.05, 4.69) is 44.4 Å². The topological polar surface area (TPSA) is 21.3 Å². The fourth-order valence-electron chi connectivity index (χ4n) is 2.60. The van der Waals surface area contributed by atoms with Gasteiger partial charge in [-0.2, -0.15) is 0 Å². The zero-order valence-electron chi connectivity index (χ0n) is 11.1. The predicted octanol–water partition coefficient (Wildman–Crippen LogP) is 2.80. The summed E-state index contributed by atoms with van der Waals surface area (Å²) in [6.45, 7) is 5.39. The Bertz CT molecular complexity index is 373. The van der Waals surface area contributed by atoms with Crippen LogP contribution in [0.1, 0.15) is 31.4 Å². The Balaban J connectivity index is 2.02. The lowest BCUT2D eigenvalue weighted by atomic mass is 9.95. The Morgan fingerprint density at radius 3 is 2.88 bits per heavy atom. The van der Waals surface area contributed by atoms with E-state index in [-0.39, 0.29) is 0 Å². The van der Waals surface area contributed by atoms with Crippen LogP contribution in [0.25, 0.3) is 0 Å². The minimum atomic E-state index is 0.590. The molecule has 17 heavy (non-hydrogen) atoms. The van der Waals surface area contributed by atoms with Crippen LogP contribution in [-0.4, -0.2) is 19.7 Å². The fraction of sp³-hybridized carbons (Fsp3) is 0.600. The molecule has 1 aliphatic heterocycles. The molecule has 2 nitrogen and oxygen atoms in total. The van der Waals surface area contributed by atoms with Gasteiger partial charge in [0.05, 0.1) is 6.61 Å². The summed E-state index contributed by atoms with van der Waals surface area (Å²) in [4.78, 5) is 0. The molecule has 0 spiro atoms. The van der Waals surface area contributed by atoms with E-state index >= 15 is 0 Å². The van der Waals surface area contributed by atoms with E-state index in [1.165, 1.54) is 17.5 Å². The van der Waals surface area contributed by atoms with Crippen molar-refractivity contribution in [3.8, 4) is 5.75 Å². The first-order valence-electron chi connectivity index (χ1n) is 6.63. The van der Waals surface area contributed by atoms with Crippen molar-refractivity contribution in [2.45, 2.75) is 39.2 Å². The number of hydrogen-bond acceptors (Lipinski definition) is 2. The SMILES string of the molecule is CNC(CCc1cccc2c1OCC2)C(C)C. The number of para-hydroxylation sites is 1. The molecule has 2 heteroatoms. The number of ether oxygens (including phenoxy) is 1. The van der Waals surface area contributed by atoms with E-state index in [9.17, 15) is 0 Å². The summed E-state index contributed by atoms with van der Waals surface area (Å²) in [7, 11) is 2.05. The van der Waals surface area contributed by atoms with Crippen LogP contribution in [0, 0.1) is 5.92 Å². The highest BCUT2D eigenvalue weighted by atomic mass is 16.5. The van der Waals surface area contributed by atoms with Gasteiger partial charge in [0, 0.05) is 12.5 Å². The average Bonchev–Trinajstić information content (AvgIpc) is 2.78. The first-order valence-corrected chi connectivity index (χ1v) is 6.63. The molecule has 2 rings (SSSR count). The van der Waals surface area contributed by atoms with Crippen LogP contribution in [-0.2, 0) is 12.8 Å². The molecule has 1 N–H and O–H groups in total. The number of nitrogens with one attached hydrogen (secondary N) is 1. The van der Waals surface area contributed by atoms with Gasteiger partial charge in [-0.15, -0.1) is 0 Å². The second-order valence-electron chi connectivity index (χ2n) is 5.18. The number of hydrogen-bond donors (Lipinski definition) is 1. The molecular weight excluding hydrogens is 210 g/mol. The van der Waals surface area contributed by atoms with E-state index < -0.39 is 0 Å². The third-order valence-corrected chi connectivity index (χ3v) is 3.70. The average molecular weight is 233 g/mol. The molecule has 0 radical (unpaired) electrons. The van der Waals surface area contributed by atoms with E-state index in [4.69, 9.17) is 4.74 Å². The van der Waals surface area contributed by atoms with Gasteiger partial charge in [-0.1, -0.05) is 32.0 Å². The minimum Gasteiger partial charge on any atom is -0.493 e. The summed E-state index contributed by atoms with van der Waals surface area (Å²) >= 11 is 0. The quantitative estimate of drug-likeness (QED) is 0.844. The molecule has 0 bridgehead atoms. The molecule has 1 atom stereocenters. The largest absolute Gasteiger partial charge is 0.493 e. The Morgan fingerprint density at radius 1 is 1.35 bits per heavy atom. The molecule has 0 saturated heterocycles. The first kappa shape index (κ1) is 12.4. The first-order chi connectivity index (χ1) is 8.22.